The monoisotopic (exact) mass is 471 g/mol. The van der Waals surface area contributed by atoms with Crippen molar-refractivity contribution in [3.8, 4) is 11.5 Å². The van der Waals surface area contributed by atoms with Crippen molar-refractivity contribution in [2.45, 2.75) is 33.4 Å². The van der Waals surface area contributed by atoms with Crippen LogP contribution in [0.5, 0.6) is 11.5 Å². The number of aliphatic hydroxyl groups excluding tert-OH is 1. The summed E-state index contributed by atoms with van der Waals surface area (Å²) < 4.78 is 10.9. The van der Waals surface area contributed by atoms with Crippen molar-refractivity contribution in [2.24, 2.45) is 0 Å². The fourth-order valence-electron chi connectivity index (χ4n) is 4.66. The van der Waals surface area contributed by atoms with Crippen LogP contribution in [0.2, 0.25) is 0 Å². The zero-order valence-corrected chi connectivity index (χ0v) is 20.6. The Kier molecular flexibility index (Phi) is 6.65. The van der Waals surface area contributed by atoms with Gasteiger partial charge in [0.1, 0.15) is 17.3 Å². The van der Waals surface area contributed by atoms with E-state index >= 15 is 0 Å². The van der Waals surface area contributed by atoms with Crippen LogP contribution in [0.25, 0.3) is 5.76 Å². The number of aliphatic hydroxyl groups is 1. The van der Waals surface area contributed by atoms with Gasteiger partial charge in [-0.05, 0) is 55.7 Å². The molecular weight excluding hydrogens is 442 g/mol. The minimum Gasteiger partial charge on any atom is -0.507 e. The first-order chi connectivity index (χ1) is 16.8. The van der Waals surface area contributed by atoms with E-state index in [0.29, 0.717) is 17.1 Å². The van der Waals surface area contributed by atoms with Crippen LogP contribution < -0.4 is 9.47 Å². The van der Waals surface area contributed by atoms with Gasteiger partial charge in [-0.3, -0.25) is 9.59 Å². The van der Waals surface area contributed by atoms with Crippen molar-refractivity contribution in [3.63, 3.8) is 0 Å². The fourth-order valence-corrected chi connectivity index (χ4v) is 4.66. The molecule has 1 unspecified atom stereocenters. The molecule has 0 aliphatic carbocycles. The lowest BCUT2D eigenvalue weighted by Crippen LogP contribution is -2.29. The third-order valence-electron chi connectivity index (χ3n) is 6.43. The van der Waals surface area contributed by atoms with E-state index in [-0.39, 0.29) is 17.9 Å². The van der Waals surface area contributed by atoms with Crippen LogP contribution in [0.1, 0.15) is 39.4 Å². The molecule has 1 aliphatic heterocycles. The summed E-state index contributed by atoms with van der Waals surface area (Å²) >= 11 is 0. The molecule has 1 atom stereocenters. The molecule has 35 heavy (non-hydrogen) atoms. The molecule has 180 valence electrons. The van der Waals surface area contributed by atoms with Gasteiger partial charge in [0, 0.05) is 11.1 Å². The van der Waals surface area contributed by atoms with E-state index in [1.54, 1.807) is 20.3 Å². The number of Topliss-reactive ketones (excluding diaryl/α,β-unsaturated/α-hetero) is 1. The molecule has 1 saturated heterocycles. The Hall–Kier alpha value is -4.06. The molecule has 6 heteroatoms. The topological polar surface area (TPSA) is 76.1 Å². The molecule has 0 saturated carbocycles. The summed E-state index contributed by atoms with van der Waals surface area (Å²) in [5, 5.41) is 11.5. The van der Waals surface area contributed by atoms with E-state index in [2.05, 4.69) is 0 Å². The van der Waals surface area contributed by atoms with Crippen LogP contribution in [0.15, 0.2) is 66.2 Å². The van der Waals surface area contributed by atoms with E-state index in [1.807, 2.05) is 75.4 Å². The summed E-state index contributed by atoms with van der Waals surface area (Å²) in [6.45, 7) is 5.81. The number of amides is 1. The molecule has 0 aromatic heterocycles. The average molecular weight is 472 g/mol. The number of ketones is 1. The lowest BCUT2D eigenvalue weighted by atomic mass is 9.92. The molecule has 1 amide bonds. The van der Waals surface area contributed by atoms with Gasteiger partial charge in [0.15, 0.2) is 0 Å². The number of rotatable bonds is 6. The fraction of sp³-hybridized carbons (Fsp3) is 0.241. The second kappa shape index (κ2) is 9.66. The van der Waals surface area contributed by atoms with Gasteiger partial charge in [0.25, 0.3) is 11.7 Å². The van der Waals surface area contributed by atoms with Crippen LogP contribution in [0.4, 0.5) is 0 Å². The Balaban J connectivity index is 1.91. The number of ether oxygens (including phenoxy) is 2. The normalized spacial score (nSPS) is 17.1. The van der Waals surface area contributed by atoms with E-state index in [1.165, 1.54) is 4.90 Å². The van der Waals surface area contributed by atoms with Gasteiger partial charge in [-0.25, -0.2) is 0 Å². The Morgan fingerprint density at radius 1 is 0.886 bits per heavy atom. The molecular formula is C29H29NO5. The molecule has 6 nitrogen and oxygen atoms in total. The summed E-state index contributed by atoms with van der Waals surface area (Å²) in [6, 6.07) is 17.9. The van der Waals surface area contributed by atoms with Crippen molar-refractivity contribution < 1.29 is 24.2 Å². The number of carbonyl (C=O) groups excluding carboxylic acids is 2. The number of benzene rings is 3. The van der Waals surface area contributed by atoms with Crippen molar-refractivity contribution in [3.05, 3.63) is 99.6 Å². The molecule has 1 aliphatic rings. The van der Waals surface area contributed by atoms with Crippen molar-refractivity contribution in [1.29, 1.82) is 0 Å². The summed E-state index contributed by atoms with van der Waals surface area (Å²) in [5.41, 5.74) is 4.63. The summed E-state index contributed by atoms with van der Waals surface area (Å²) in [5.74, 6) is -0.255. The predicted molar refractivity (Wildman–Crippen MR) is 134 cm³/mol. The van der Waals surface area contributed by atoms with Gasteiger partial charge in [0.2, 0.25) is 0 Å². The van der Waals surface area contributed by atoms with Crippen molar-refractivity contribution in [1.82, 2.24) is 4.90 Å². The van der Waals surface area contributed by atoms with Gasteiger partial charge < -0.3 is 19.5 Å². The lowest BCUT2D eigenvalue weighted by molar-refractivity contribution is -0.140. The third-order valence-corrected chi connectivity index (χ3v) is 6.43. The number of para-hydroxylation sites is 1. The summed E-state index contributed by atoms with van der Waals surface area (Å²) in [7, 11) is 3.15. The number of aryl methyl sites for hydroxylation is 3. The molecule has 4 rings (SSSR count). The molecule has 3 aromatic carbocycles. The minimum atomic E-state index is -0.748. The Labute approximate surface area is 205 Å². The van der Waals surface area contributed by atoms with Gasteiger partial charge >= 0.3 is 0 Å². The molecule has 1 heterocycles. The second-order valence-corrected chi connectivity index (χ2v) is 8.79. The second-order valence-electron chi connectivity index (χ2n) is 8.79. The van der Waals surface area contributed by atoms with Gasteiger partial charge in [0.05, 0.1) is 32.4 Å². The SMILES string of the molecule is COc1cc(C)c(/C(O)=C2\C(=O)C(=O)N(Cc3ccccc3OC)C2c2cccc(C)c2)cc1C. The van der Waals surface area contributed by atoms with Gasteiger partial charge in [-0.15, -0.1) is 0 Å². The first-order valence-corrected chi connectivity index (χ1v) is 11.4. The summed E-state index contributed by atoms with van der Waals surface area (Å²) in [4.78, 5) is 28.3. The van der Waals surface area contributed by atoms with E-state index < -0.39 is 17.7 Å². The highest BCUT2D eigenvalue weighted by Crippen LogP contribution is 2.42. The van der Waals surface area contributed by atoms with Crippen molar-refractivity contribution in [2.75, 3.05) is 14.2 Å². The lowest BCUT2D eigenvalue weighted by Gasteiger charge is -2.26. The largest absolute Gasteiger partial charge is 0.507 e. The highest BCUT2D eigenvalue weighted by molar-refractivity contribution is 6.46. The van der Waals surface area contributed by atoms with E-state index in [9.17, 15) is 14.7 Å². The Morgan fingerprint density at radius 2 is 1.60 bits per heavy atom. The highest BCUT2D eigenvalue weighted by atomic mass is 16.5. The number of likely N-dealkylation sites (tertiary alicyclic amines) is 1. The van der Waals surface area contributed by atoms with E-state index in [4.69, 9.17) is 9.47 Å². The number of carbonyl (C=O) groups is 2. The molecule has 3 aromatic rings. The van der Waals surface area contributed by atoms with Crippen LogP contribution in [0, 0.1) is 20.8 Å². The molecule has 0 bridgehead atoms. The smallest absolute Gasteiger partial charge is 0.295 e. The van der Waals surface area contributed by atoms with Gasteiger partial charge in [-0.2, -0.15) is 0 Å². The third kappa shape index (κ3) is 4.39. The Bertz CT molecular complexity index is 1340. The Morgan fingerprint density at radius 3 is 2.29 bits per heavy atom. The zero-order valence-electron chi connectivity index (χ0n) is 20.6. The summed E-state index contributed by atoms with van der Waals surface area (Å²) in [6.07, 6.45) is 0. The average Bonchev–Trinajstić information content (AvgIpc) is 3.10. The maximum atomic E-state index is 13.4. The quantitative estimate of drug-likeness (QED) is 0.302. The van der Waals surface area contributed by atoms with Crippen LogP contribution >= 0.6 is 0 Å². The minimum absolute atomic E-state index is 0.0724. The number of hydrogen-bond acceptors (Lipinski definition) is 5. The number of hydrogen-bond donors (Lipinski definition) is 1. The maximum absolute atomic E-state index is 13.4. The first kappa shape index (κ1) is 24.1. The number of nitrogens with zero attached hydrogens (tertiary/aromatic N) is 1. The predicted octanol–water partition coefficient (Wildman–Crippen LogP) is 5.25. The van der Waals surface area contributed by atoms with Crippen LogP contribution in [-0.2, 0) is 16.1 Å². The van der Waals surface area contributed by atoms with Crippen molar-refractivity contribution >= 4 is 17.4 Å². The van der Waals surface area contributed by atoms with Crippen LogP contribution in [-0.4, -0.2) is 35.9 Å². The number of methoxy groups -OCH3 is 2. The molecule has 0 spiro atoms. The molecule has 0 radical (unpaired) electrons. The highest BCUT2D eigenvalue weighted by Gasteiger charge is 2.46. The zero-order chi connectivity index (χ0) is 25.3. The molecule has 1 N–H and O–H groups in total. The van der Waals surface area contributed by atoms with Gasteiger partial charge in [-0.1, -0.05) is 48.0 Å². The maximum Gasteiger partial charge on any atom is 0.295 e. The van der Waals surface area contributed by atoms with Crippen LogP contribution in [0.3, 0.4) is 0 Å². The first-order valence-electron chi connectivity index (χ1n) is 11.4. The van der Waals surface area contributed by atoms with E-state index in [0.717, 1.165) is 27.8 Å². The standard InChI is InChI=1S/C29H29NO5/c1-17-9-8-11-20(13-17)26-25(27(31)22-14-19(3)24(35-5)15-18(22)2)28(32)29(33)30(26)16-21-10-6-7-12-23(21)34-4/h6-15,26,31H,16H2,1-5H3/b27-25+. The molecule has 1 fully saturated rings.